The van der Waals surface area contributed by atoms with E-state index >= 15 is 0 Å². The molecule has 6 nitrogen and oxygen atoms in total. The second kappa shape index (κ2) is 7.42. The minimum atomic E-state index is -0.895. The van der Waals surface area contributed by atoms with E-state index in [2.05, 4.69) is 10.6 Å². The van der Waals surface area contributed by atoms with Crippen LogP contribution < -0.4 is 10.6 Å². The van der Waals surface area contributed by atoms with Crippen molar-refractivity contribution in [1.29, 1.82) is 0 Å². The number of nitro groups is 1. The molecular formula is C12H16FN3O3. The van der Waals surface area contributed by atoms with Crippen LogP contribution in [0.2, 0.25) is 0 Å². The molecule has 0 saturated heterocycles. The summed E-state index contributed by atoms with van der Waals surface area (Å²) < 4.78 is 13.5. The Labute approximate surface area is 110 Å². The van der Waals surface area contributed by atoms with Gasteiger partial charge in [-0.15, -0.1) is 0 Å². The fourth-order valence-electron chi connectivity index (χ4n) is 1.46. The van der Waals surface area contributed by atoms with E-state index < -0.39 is 16.6 Å². The number of hydrogen-bond donors (Lipinski definition) is 2. The van der Waals surface area contributed by atoms with E-state index in [0.29, 0.717) is 13.1 Å². The summed E-state index contributed by atoms with van der Waals surface area (Å²) in [6.45, 7) is 3.84. The van der Waals surface area contributed by atoms with Crippen LogP contribution >= 0.6 is 0 Å². The van der Waals surface area contributed by atoms with Crippen LogP contribution in [0, 0.1) is 15.9 Å². The van der Waals surface area contributed by atoms with Crippen molar-refractivity contribution in [2.75, 3.05) is 19.6 Å². The molecule has 0 saturated carbocycles. The Morgan fingerprint density at radius 1 is 1.37 bits per heavy atom. The number of nitrogens with zero attached hydrogens (tertiary/aromatic N) is 1. The summed E-state index contributed by atoms with van der Waals surface area (Å²) in [5.74, 6) is -1.47. The van der Waals surface area contributed by atoms with Crippen molar-refractivity contribution >= 4 is 11.6 Å². The topological polar surface area (TPSA) is 84.3 Å². The van der Waals surface area contributed by atoms with Gasteiger partial charge in [-0.05, 0) is 19.0 Å². The number of nitrogens with one attached hydrogen (secondary N) is 2. The second-order valence-electron chi connectivity index (χ2n) is 3.93. The fourth-order valence-corrected chi connectivity index (χ4v) is 1.46. The predicted octanol–water partition coefficient (Wildman–Crippen LogP) is 1.46. The van der Waals surface area contributed by atoms with Gasteiger partial charge in [0.15, 0.2) is 0 Å². The highest BCUT2D eigenvalue weighted by molar-refractivity contribution is 5.94. The standard InChI is InChI=1S/C12H16FN3O3/c1-2-5-14-6-7-15-12(17)10-4-3-9(16(18)19)8-11(10)13/h3-4,8,14H,2,5-7H2,1H3,(H,15,17). The van der Waals surface area contributed by atoms with Gasteiger partial charge in [-0.3, -0.25) is 14.9 Å². The molecule has 0 bridgehead atoms. The molecule has 0 aromatic heterocycles. The highest BCUT2D eigenvalue weighted by Gasteiger charge is 2.15. The second-order valence-corrected chi connectivity index (χ2v) is 3.93. The molecule has 104 valence electrons. The summed E-state index contributed by atoms with van der Waals surface area (Å²) in [6.07, 6.45) is 0.991. The van der Waals surface area contributed by atoms with Crippen LogP contribution in [0.4, 0.5) is 10.1 Å². The third-order valence-electron chi connectivity index (χ3n) is 2.42. The lowest BCUT2D eigenvalue weighted by Gasteiger charge is -2.06. The van der Waals surface area contributed by atoms with Gasteiger partial charge in [0.05, 0.1) is 16.6 Å². The quantitative estimate of drug-likeness (QED) is 0.446. The zero-order valence-electron chi connectivity index (χ0n) is 10.6. The van der Waals surface area contributed by atoms with E-state index in [0.717, 1.165) is 31.2 Å². The van der Waals surface area contributed by atoms with Crippen LogP contribution in [-0.2, 0) is 0 Å². The Kier molecular flexibility index (Phi) is 5.87. The van der Waals surface area contributed by atoms with E-state index in [1.165, 1.54) is 0 Å². The van der Waals surface area contributed by atoms with Gasteiger partial charge in [-0.25, -0.2) is 4.39 Å². The molecule has 0 unspecified atom stereocenters. The molecule has 19 heavy (non-hydrogen) atoms. The van der Waals surface area contributed by atoms with Crippen LogP contribution in [-0.4, -0.2) is 30.5 Å². The fraction of sp³-hybridized carbons (Fsp3) is 0.417. The number of hydrogen-bond acceptors (Lipinski definition) is 4. The summed E-state index contributed by atoms with van der Waals surface area (Å²) in [5, 5.41) is 16.1. The number of benzene rings is 1. The van der Waals surface area contributed by atoms with Crippen LogP contribution in [0.25, 0.3) is 0 Å². The van der Waals surface area contributed by atoms with Crippen LogP contribution in [0.1, 0.15) is 23.7 Å². The first-order valence-electron chi connectivity index (χ1n) is 5.99. The molecule has 1 rings (SSSR count). The predicted molar refractivity (Wildman–Crippen MR) is 68.5 cm³/mol. The number of halogens is 1. The summed E-state index contributed by atoms with van der Waals surface area (Å²) in [7, 11) is 0. The van der Waals surface area contributed by atoms with Crippen molar-refractivity contribution in [3.63, 3.8) is 0 Å². The van der Waals surface area contributed by atoms with Gasteiger partial charge in [0, 0.05) is 19.2 Å². The Balaban J connectivity index is 2.55. The van der Waals surface area contributed by atoms with Gasteiger partial charge in [-0.2, -0.15) is 0 Å². The first-order chi connectivity index (χ1) is 9.06. The van der Waals surface area contributed by atoms with Crippen molar-refractivity contribution in [3.8, 4) is 0 Å². The molecule has 0 aliphatic heterocycles. The molecule has 7 heteroatoms. The molecule has 2 N–H and O–H groups in total. The largest absolute Gasteiger partial charge is 0.351 e. The van der Waals surface area contributed by atoms with Crippen molar-refractivity contribution in [2.45, 2.75) is 13.3 Å². The van der Waals surface area contributed by atoms with Gasteiger partial charge in [0.2, 0.25) is 0 Å². The maximum atomic E-state index is 13.5. The lowest BCUT2D eigenvalue weighted by molar-refractivity contribution is -0.385. The van der Waals surface area contributed by atoms with Gasteiger partial charge in [0.25, 0.3) is 11.6 Å². The van der Waals surface area contributed by atoms with Crippen LogP contribution in [0.3, 0.4) is 0 Å². The first-order valence-corrected chi connectivity index (χ1v) is 5.99. The Morgan fingerprint density at radius 3 is 2.68 bits per heavy atom. The third-order valence-corrected chi connectivity index (χ3v) is 2.42. The first kappa shape index (κ1) is 15.0. The van der Waals surface area contributed by atoms with E-state index in [1.54, 1.807) is 0 Å². The number of amides is 1. The number of carbonyl (C=O) groups excluding carboxylic acids is 1. The van der Waals surface area contributed by atoms with Gasteiger partial charge >= 0.3 is 0 Å². The minimum absolute atomic E-state index is 0.193. The molecule has 0 spiro atoms. The molecule has 0 radical (unpaired) electrons. The summed E-state index contributed by atoms with van der Waals surface area (Å²) in [5.41, 5.74) is -0.570. The maximum absolute atomic E-state index is 13.5. The highest BCUT2D eigenvalue weighted by atomic mass is 19.1. The SMILES string of the molecule is CCCNCCNC(=O)c1ccc([N+](=O)[O-])cc1F. The zero-order chi connectivity index (χ0) is 14.3. The van der Waals surface area contributed by atoms with Gasteiger partial charge < -0.3 is 10.6 Å². The summed E-state index contributed by atoms with van der Waals surface area (Å²) >= 11 is 0. The van der Waals surface area contributed by atoms with Gasteiger partial charge in [-0.1, -0.05) is 6.92 Å². The number of carbonyl (C=O) groups is 1. The lowest BCUT2D eigenvalue weighted by atomic mass is 10.2. The average molecular weight is 269 g/mol. The molecule has 1 aromatic rings. The van der Waals surface area contributed by atoms with E-state index in [9.17, 15) is 19.3 Å². The third kappa shape index (κ3) is 4.63. The Bertz CT molecular complexity index is 466. The summed E-state index contributed by atoms with van der Waals surface area (Å²) in [6, 6.07) is 2.96. The molecule has 0 heterocycles. The number of non-ortho nitro benzene ring substituents is 1. The highest BCUT2D eigenvalue weighted by Crippen LogP contribution is 2.16. The molecule has 0 atom stereocenters. The Hall–Kier alpha value is -2.02. The molecule has 1 amide bonds. The van der Waals surface area contributed by atoms with Crippen LogP contribution in [0.5, 0.6) is 0 Å². The lowest BCUT2D eigenvalue weighted by Crippen LogP contribution is -2.32. The monoisotopic (exact) mass is 269 g/mol. The molecule has 0 aliphatic rings. The number of rotatable bonds is 7. The van der Waals surface area contributed by atoms with E-state index in [4.69, 9.17) is 0 Å². The zero-order valence-corrected chi connectivity index (χ0v) is 10.6. The molecule has 1 aromatic carbocycles. The smallest absolute Gasteiger partial charge is 0.272 e. The van der Waals surface area contributed by atoms with Crippen molar-refractivity contribution in [2.24, 2.45) is 0 Å². The van der Waals surface area contributed by atoms with Crippen LogP contribution in [0.15, 0.2) is 18.2 Å². The van der Waals surface area contributed by atoms with E-state index in [1.807, 2.05) is 6.92 Å². The van der Waals surface area contributed by atoms with Gasteiger partial charge in [0.1, 0.15) is 5.82 Å². The van der Waals surface area contributed by atoms with Crippen molar-refractivity contribution in [1.82, 2.24) is 10.6 Å². The number of nitro benzene ring substituents is 1. The Morgan fingerprint density at radius 2 is 2.11 bits per heavy atom. The maximum Gasteiger partial charge on any atom is 0.272 e. The molecule has 0 aliphatic carbocycles. The summed E-state index contributed by atoms with van der Waals surface area (Å²) in [4.78, 5) is 21.4. The van der Waals surface area contributed by atoms with E-state index in [-0.39, 0.29) is 11.3 Å². The average Bonchev–Trinajstić information content (AvgIpc) is 2.38. The van der Waals surface area contributed by atoms with Crippen molar-refractivity contribution in [3.05, 3.63) is 39.7 Å². The normalized spacial score (nSPS) is 10.2. The minimum Gasteiger partial charge on any atom is -0.351 e. The van der Waals surface area contributed by atoms with Crippen molar-refractivity contribution < 1.29 is 14.1 Å². The molecule has 0 fully saturated rings. The molecular weight excluding hydrogens is 253 g/mol.